The zero-order valence-corrected chi connectivity index (χ0v) is 12.4. The van der Waals surface area contributed by atoms with Crippen LogP contribution in [-0.2, 0) is 9.59 Å². The Labute approximate surface area is 123 Å². The minimum Gasteiger partial charge on any atom is -0.318 e. The molecule has 0 aromatic heterocycles. The first-order valence-corrected chi connectivity index (χ1v) is 6.67. The van der Waals surface area contributed by atoms with Crippen molar-refractivity contribution in [3.05, 3.63) is 26.7 Å². The first-order chi connectivity index (χ1) is 9.31. The van der Waals surface area contributed by atoms with Gasteiger partial charge >= 0.3 is 0 Å². The molecule has 0 saturated carbocycles. The minimum atomic E-state index is -0.585. The number of carbonyl (C=O) groups excluding carboxylic acids is 2. The van der Waals surface area contributed by atoms with Crippen LogP contribution in [0.2, 0.25) is 0 Å². The number of amides is 2. The van der Waals surface area contributed by atoms with Gasteiger partial charge in [0.2, 0.25) is 11.8 Å². The van der Waals surface area contributed by atoms with Gasteiger partial charge in [-0.05, 0) is 6.07 Å². The molecule has 106 valence electrons. The fourth-order valence-electron chi connectivity index (χ4n) is 2.06. The van der Waals surface area contributed by atoms with Gasteiger partial charge in [0.25, 0.3) is 5.69 Å². The molecule has 1 heterocycles. The van der Waals surface area contributed by atoms with E-state index in [2.05, 4.69) is 21.2 Å². The molecule has 1 aromatic carbocycles. The van der Waals surface area contributed by atoms with Gasteiger partial charge in [-0.15, -0.1) is 0 Å². The summed E-state index contributed by atoms with van der Waals surface area (Å²) in [5.74, 6) is -1.08. The highest BCUT2D eigenvalue weighted by Crippen LogP contribution is 2.40. The summed E-state index contributed by atoms with van der Waals surface area (Å²) in [4.78, 5) is 35.6. The van der Waals surface area contributed by atoms with Crippen molar-refractivity contribution in [3.8, 4) is 0 Å². The average Bonchev–Trinajstić information content (AvgIpc) is 2.47. The van der Waals surface area contributed by atoms with Gasteiger partial charge < -0.3 is 10.2 Å². The number of fused-ring (bicyclic) bond motifs is 1. The Hall–Kier alpha value is -1.96. The third-order valence-electron chi connectivity index (χ3n) is 3.08. The highest BCUT2D eigenvalue weighted by molar-refractivity contribution is 9.10. The highest BCUT2D eigenvalue weighted by atomic mass is 79.9. The summed E-state index contributed by atoms with van der Waals surface area (Å²) in [6.07, 6.45) is 0. The Morgan fingerprint density at radius 1 is 1.55 bits per heavy atom. The van der Waals surface area contributed by atoms with Crippen molar-refractivity contribution >= 4 is 44.8 Å². The number of hydrogen-bond acceptors (Lipinski definition) is 4. The number of carbonyl (C=O) groups is 2. The molecule has 20 heavy (non-hydrogen) atoms. The van der Waals surface area contributed by atoms with Crippen LogP contribution in [0, 0.1) is 16.0 Å². The van der Waals surface area contributed by atoms with Crippen LogP contribution in [-0.4, -0.2) is 23.3 Å². The Kier molecular flexibility index (Phi) is 3.76. The molecular weight excluding hydrogens is 330 g/mol. The van der Waals surface area contributed by atoms with Gasteiger partial charge in [0.15, 0.2) is 0 Å². The second-order valence-corrected chi connectivity index (χ2v) is 5.51. The molecule has 2 rings (SSSR count). The van der Waals surface area contributed by atoms with E-state index in [1.54, 1.807) is 13.0 Å². The second kappa shape index (κ2) is 5.20. The van der Waals surface area contributed by atoms with Crippen molar-refractivity contribution in [2.75, 3.05) is 16.8 Å². The quantitative estimate of drug-likeness (QED) is 0.626. The predicted octanol–water partition coefficient (Wildman–Crippen LogP) is 2.30. The van der Waals surface area contributed by atoms with Gasteiger partial charge in [0.05, 0.1) is 16.5 Å². The van der Waals surface area contributed by atoms with Crippen LogP contribution in [0.3, 0.4) is 0 Å². The van der Waals surface area contributed by atoms with Gasteiger partial charge in [-0.1, -0.05) is 22.9 Å². The van der Waals surface area contributed by atoms with Crippen LogP contribution in [0.5, 0.6) is 0 Å². The maximum absolute atomic E-state index is 11.9. The van der Waals surface area contributed by atoms with Crippen LogP contribution in [0.25, 0.3) is 0 Å². The number of anilines is 2. The molecule has 1 N–H and O–H groups in total. The molecule has 1 aromatic rings. The van der Waals surface area contributed by atoms with Crippen LogP contribution < -0.4 is 10.2 Å². The van der Waals surface area contributed by atoms with E-state index in [-0.39, 0.29) is 29.7 Å². The molecule has 0 radical (unpaired) electrons. The number of nitrogens with zero attached hydrogens (tertiary/aromatic N) is 2. The average molecular weight is 342 g/mol. The Morgan fingerprint density at radius 3 is 2.75 bits per heavy atom. The zero-order chi connectivity index (χ0) is 15.0. The highest BCUT2D eigenvalue weighted by Gasteiger charge is 2.32. The van der Waals surface area contributed by atoms with E-state index in [0.717, 1.165) is 0 Å². The molecule has 0 spiro atoms. The number of nitro groups is 1. The number of benzene rings is 1. The van der Waals surface area contributed by atoms with Crippen molar-refractivity contribution in [2.45, 2.75) is 13.8 Å². The van der Waals surface area contributed by atoms with Gasteiger partial charge in [0, 0.05) is 24.0 Å². The standard InChI is InChI=1S/C12H12BrN3O4/c1-6-5-15(7(2)17)9-3-8(13)4-10(16(19)20)11(9)14-12(6)18/h3-4,6H,5H2,1-2H3,(H,14,18). The van der Waals surface area contributed by atoms with Crippen LogP contribution in [0.15, 0.2) is 16.6 Å². The lowest BCUT2D eigenvalue weighted by Crippen LogP contribution is -2.34. The van der Waals surface area contributed by atoms with E-state index in [9.17, 15) is 19.7 Å². The molecule has 2 amide bonds. The van der Waals surface area contributed by atoms with Crippen molar-refractivity contribution in [1.82, 2.24) is 0 Å². The van der Waals surface area contributed by atoms with Gasteiger partial charge in [-0.2, -0.15) is 0 Å². The van der Waals surface area contributed by atoms with E-state index < -0.39 is 10.8 Å². The van der Waals surface area contributed by atoms with E-state index in [1.165, 1.54) is 17.9 Å². The number of hydrogen-bond donors (Lipinski definition) is 1. The summed E-state index contributed by atoms with van der Waals surface area (Å²) in [7, 11) is 0. The largest absolute Gasteiger partial charge is 0.318 e. The summed E-state index contributed by atoms with van der Waals surface area (Å²) in [5, 5.41) is 13.7. The first kappa shape index (κ1) is 14.4. The van der Waals surface area contributed by atoms with Crippen molar-refractivity contribution in [1.29, 1.82) is 0 Å². The topological polar surface area (TPSA) is 92.6 Å². The van der Waals surface area contributed by atoms with E-state index >= 15 is 0 Å². The number of rotatable bonds is 1. The normalized spacial score (nSPS) is 18.1. The van der Waals surface area contributed by atoms with Crippen LogP contribution >= 0.6 is 15.9 Å². The SMILES string of the molecule is CC(=O)N1CC(C)C(=O)Nc2c1cc(Br)cc2[N+](=O)[O-]. The first-order valence-electron chi connectivity index (χ1n) is 5.88. The lowest BCUT2D eigenvalue weighted by molar-refractivity contribution is -0.383. The van der Waals surface area contributed by atoms with Gasteiger partial charge in [0.1, 0.15) is 5.69 Å². The Balaban J connectivity index is 2.71. The molecule has 8 heteroatoms. The zero-order valence-electron chi connectivity index (χ0n) is 10.8. The summed E-state index contributed by atoms with van der Waals surface area (Å²) < 4.78 is 0.470. The van der Waals surface area contributed by atoms with Crippen molar-refractivity contribution in [2.24, 2.45) is 5.92 Å². The maximum Gasteiger partial charge on any atom is 0.296 e. The molecular formula is C12H12BrN3O4. The van der Waals surface area contributed by atoms with E-state index in [0.29, 0.717) is 10.2 Å². The number of nitro benzene ring substituents is 1. The van der Waals surface area contributed by atoms with Gasteiger partial charge in [-0.25, -0.2) is 0 Å². The monoisotopic (exact) mass is 341 g/mol. The molecule has 0 aliphatic carbocycles. The molecule has 7 nitrogen and oxygen atoms in total. The third-order valence-corrected chi connectivity index (χ3v) is 3.54. The van der Waals surface area contributed by atoms with Crippen molar-refractivity contribution in [3.63, 3.8) is 0 Å². The molecule has 1 aliphatic rings. The fourth-order valence-corrected chi connectivity index (χ4v) is 2.50. The number of nitrogens with one attached hydrogen (secondary N) is 1. The molecule has 1 atom stereocenters. The van der Waals surface area contributed by atoms with Crippen LogP contribution in [0.4, 0.5) is 17.1 Å². The Morgan fingerprint density at radius 2 is 2.20 bits per heavy atom. The molecule has 0 bridgehead atoms. The van der Waals surface area contributed by atoms with E-state index in [1.807, 2.05) is 0 Å². The third kappa shape index (κ3) is 2.51. The fraction of sp³-hybridized carbons (Fsp3) is 0.333. The van der Waals surface area contributed by atoms with Crippen molar-refractivity contribution < 1.29 is 14.5 Å². The smallest absolute Gasteiger partial charge is 0.296 e. The van der Waals surface area contributed by atoms with E-state index in [4.69, 9.17) is 0 Å². The molecule has 0 fully saturated rings. The minimum absolute atomic E-state index is 0.0581. The lowest BCUT2D eigenvalue weighted by Gasteiger charge is -2.21. The summed E-state index contributed by atoms with van der Waals surface area (Å²) in [6.45, 7) is 3.21. The molecule has 1 aliphatic heterocycles. The summed E-state index contributed by atoms with van der Waals surface area (Å²) in [6, 6.07) is 2.88. The van der Waals surface area contributed by atoms with Gasteiger partial charge in [-0.3, -0.25) is 19.7 Å². The predicted molar refractivity (Wildman–Crippen MR) is 76.6 cm³/mol. The Bertz CT molecular complexity index is 617. The maximum atomic E-state index is 11.9. The molecule has 0 saturated heterocycles. The van der Waals surface area contributed by atoms with Crippen LogP contribution in [0.1, 0.15) is 13.8 Å². The second-order valence-electron chi connectivity index (χ2n) is 4.60. The summed E-state index contributed by atoms with van der Waals surface area (Å²) in [5.41, 5.74) is 0.141. The number of halogens is 1. The lowest BCUT2D eigenvalue weighted by atomic mass is 10.1. The summed E-state index contributed by atoms with van der Waals surface area (Å²) >= 11 is 3.19. The molecule has 1 unspecified atom stereocenters.